The second-order valence-corrected chi connectivity index (χ2v) is 8.73. The Kier molecular flexibility index (Phi) is 5.56. The highest BCUT2D eigenvalue weighted by Gasteiger charge is 2.39. The minimum Gasteiger partial charge on any atom is -0.292 e. The normalized spacial score (nSPS) is 24.7. The molecule has 142 valence electrons. The quantitative estimate of drug-likeness (QED) is 0.768. The Hall–Kier alpha value is -1.77. The highest BCUT2D eigenvalue weighted by Crippen LogP contribution is 2.43. The van der Waals surface area contributed by atoms with E-state index < -0.39 is 0 Å². The molecule has 2 fully saturated rings. The molecule has 0 N–H and O–H groups in total. The number of carbonyl (C=O) groups excluding carboxylic acids is 1. The van der Waals surface area contributed by atoms with Gasteiger partial charge in [0.15, 0.2) is 0 Å². The number of thioether (sulfide) groups is 1. The van der Waals surface area contributed by atoms with Crippen LogP contribution in [0.3, 0.4) is 0 Å². The molecule has 4 nitrogen and oxygen atoms in total. The molecule has 1 aromatic rings. The number of fused-ring (bicyclic) bond motifs is 1. The summed E-state index contributed by atoms with van der Waals surface area (Å²) < 4.78 is 0. The highest BCUT2D eigenvalue weighted by atomic mass is 32.2. The summed E-state index contributed by atoms with van der Waals surface area (Å²) in [6.07, 6.45) is 7.79. The first-order valence-corrected chi connectivity index (χ1v) is 11.1. The topological polar surface area (TPSA) is 47.3 Å². The van der Waals surface area contributed by atoms with Gasteiger partial charge in [-0.3, -0.25) is 14.6 Å². The van der Waals surface area contributed by atoms with E-state index in [2.05, 4.69) is 42.2 Å². The lowest BCUT2D eigenvalue weighted by atomic mass is 9.86. The highest BCUT2D eigenvalue weighted by molar-refractivity contribution is 8.03. The molecule has 0 aromatic heterocycles. The molecule has 3 aliphatic rings. The Morgan fingerprint density at radius 2 is 1.93 bits per heavy atom. The maximum Gasteiger partial charge on any atom is 0.229 e. The molecule has 5 heteroatoms. The largest absolute Gasteiger partial charge is 0.292 e. The summed E-state index contributed by atoms with van der Waals surface area (Å²) in [7, 11) is 0. The zero-order chi connectivity index (χ0) is 18.8. The lowest BCUT2D eigenvalue weighted by Crippen LogP contribution is -2.51. The average Bonchev–Trinajstić information content (AvgIpc) is 2.74. The van der Waals surface area contributed by atoms with Crippen LogP contribution in [0.2, 0.25) is 0 Å². The van der Waals surface area contributed by atoms with Crippen molar-refractivity contribution in [3.05, 3.63) is 46.0 Å². The monoisotopic (exact) mass is 381 g/mol. The molecule has 1 atom stereocenters. The van der Waals surface area contributed by atoms with Gasteiger partial charge in [-0.1, -0.05) is 62.2 Å². The molecule has 27 heavy (non-hydrogen) atoms. The van der Waals surface area contributed by atoms with Crippen molar-refractivity contribution >= 4 is 17.7 Å². The number of rotatable bonds is 3. The van der Waals surface area contributed by atoms with Crippen LogP contribution >= 0.6 is 11.8 Å². The molecule has 2 aliphatic heterocycles. The molecule has 1 unspecified atom stereocenters. The molecule has 1 amide bonds. The SMILES string of the molecule is CCc1ccc(C2CC(=O)N3CN(C4CCCCC4)CSC3=C2C#N)cc1. The predicted molar refractivity (Wildman–Crippen MR) is 109 cm³/mol. The van der Waals surface area contributed by atoms with Crippen molar-refractivity contribution in [1.29, 1.82) is 5.26 Å². The molecule has 1 saturated carbocycles. The van der Waals surface area contributed by atoms with E-state index in [0.717, 1.165) is 28.5 Å². The van der Waals surface area contributed by atoms with E-state index in [0.29, 0.717) is 19.1 Å². The zero-order valence-electron chi connectivity index (χ0n) is 16.0. The number of hydrogen-bond donors (Lipinski definition) is 0. The second kappa shape index (κ2) is 8.08. The first-order valence-electron chi connectivity index (χ1n) is 10.1. The van der Waals surface area contributed by atoms with Gasteiger partial charge in [0.2, 0.25) is 5.91 Å². The Morgan fingerprint density at radius 3 is 2.59 bits per heavy atom. The van der Waals surface area contributed by atoms with Gasteiger partial charge in [-0.15, -0.1) is 0 Å². The molecule has 4 rings (SSSR count). The third kappa shape index (κ3) is 3.66. The molecule has 1 aliphatic carbocycles. The number of hydrogen-bond acceptors (Lipinski definition) is 4. The summed E-state index contributed by atoms with van der Waals surface area (Å²) in [5, 5.41) is 10.8. The van der Waals surface area contributed by atoms with E-state index in [9.17, 15) is 10.1 Å². The van der Waals surface area contributed by atoms with E-state index in [1.54, 1.807) is 11.8 Å². The van der Waals surface area contributed by atoms with Crippen molar-refractivity contribution in [3.63, 3.8) is 0 Å². The maximum absolute atomic E-state index is 13.0. The van der Waals surface area contributed by atoms with Gasteiger partial charge in [-0.2, -0.15) is 5.26 Å². The Morgan fingerprint density at radius 1 is 1.19 bits per heavy atom. The predicted octanol–water partition coefficient (Wildman–Crippen LogP) is 4.60. The maximum atomic E-state index is 13.0. The fourth-order valence-electron chi connectivity index (χ4n) is 4.52. The number of nitrogens with zero attached hydrogens (tertiary/aromatic N) is 3. The fraction of sp³-hybridized carbons (Fsp3) is 0.545. The number of carbonyl (C=O) groups is 1. The van der Waals surface area contributed by atoms with E-state index in [1.807, 2.05) is 4.90 Å². The lowest BCUT2D eigenvalue weighted by Gasteiger charge is -2.44. The summed E-state index contributed by atoms with van der Waals surface area (Å²) in [5.74, 6) is 0.936. The first kappa shape index (κ1) is 18.6. The Labute approximate surface area is 166 Å². The third-order valence-corrected chi connectivity index (χ3v) is 7.37. The van der Waals surface area contributed by atoms with Gasteiger partial charge in [-0.25, -0.2) is 0 Å². The van der Waals surface area contributed by atoms with Crippen LogP contribution in [0.25, 0.3) is 0 Å². The van der Waals surface area contributed by atoms with Crippen molar-refractivity contribution in [2.45, 2.75) is 63.8 Å². The molecular weight excluding hydrogens is 354 g/mol. The van der Waals surface area contributed by atoms with Gasteiger partial charge in [-0.05, 0) is 30.4 Å². The minimum atomic E-state index is -0.103. The molecular formula is C22H27N3OS. The van der Waals surface area contributed by atoms with Gasteiger partial charge in [0.1, 0.15) is 0 Å². The van der Waals surface area contributed by atoms with Crippen LogP contribution in [0.1, 0.15) is 62.5 Å². The van der Waals surface area contributed by atoms with E-state index >= 15 is 0 Å². The van der Waals surface area contributed by atoms with Crippen LogP contribution < -0.4 is 0 Å². The number of allylic oxidation sites excluding steroid dienone is 1. The fourth-order valence-corrected chi connectivity index (χ4v) is 5.76. The number of nitriles is 1. The van der Waals surface area contributed by atoms with Gasteiger partial charge in [0.25, 0.3) is 0 Å². The second-order valence-electron chi connectivity index (χ2n) is 7.80. The average molecular weight is 382 g/mol. The third-order valence-electron chi connectivity index (χ3n) is 6.20. The van der Waals surface area contributed by atoms with Crippen LogP contribution in [0.15, 0.2) is 34.9 Å². The Balaban J connectivity index is 1.59. The van der Waals surface area contributed by atoms with Crippen LogP contribution in [0, 0.1) is 11.3 Å². The van der Waals surface area contributed by atoms with Crippen molar-refractivity contribution in [3.8, 4) is 6.07 Å². The summed E-state index contributed by atoms with van der Waals surface area (Å²) in [5.41, 5.74) is 3.13. The smallest absolute Gasteiger partial charge is 0.229 e. The van der Waals surface area contributed by atoms with Gasteiger partial charge in [0.05, 0.1) is 29.2 Å². The first-order chi connectivity index (χ1) is 13.2. The molecule has 0 bridgehead atoms. The van der Waals surface area contributed by atoms with Crippen molar-refractivity contribution < 1.29 is 4.79 Å². The van der Waals surface area contributed by atoms with E-state index in [4.69, 9.17) is 0 Å². The van der Waals surface area contributed by atoms with Crippen LogP contribution in [0.4, 0.5) is 0 Å². The lowest BCUT2D eigenvalue weighted by molar-refractivity contribution is -0.132. The summed E-state index contributed by atoms with van der Waals surface area (Å²) in [6.45, 7) is 2.79. The summed E-state index contributed by atoms with van der Waals surface area (Å²) >= 11 is 1.68. The minimum absolute atomic E-state index is 0.103. The van der Waals surface area contributed by atoms with Crippen LogP contribution in [0.5, 0.6) is 0 Å². The van der Waals surface area contributed by atoms with Gasteiger partial charge < -0.3 is 0 Å². The molecule has 0 spiro atoms. The van der Waals surface area contributed by atoms with Crippen molar-refractivity contribution in [2.24, 2.45) is 0 Å². The van der Waals surface area contributed by atoms with Crippen LogP contribution in [-0.4, -0.2) is 34.3 Å². The molecule has 2 heterocycles. The Bertz CT molecular complexity index is 774. The zero-order valence-corrected chi connectivity index (χ0v) is 16.8. The summed E-state index contributed by atoms with van der Waals surface area (Å²) in [6, 6.07) is 11.4. The van der Waals surface area contributed by atoms with Gasteiger partial charge in [0, 0.05) is 18.4 Å². The van der Waals surface area contributed by atoms with Gasteiger partial charge >= 0.3 is 0 Å². The number of aryl methyl sites for hydroxylation is 1. The molecule has 1 saturated heterocycles. The summed E-state index contributed by atoms with van der Waals surface area (Å²) in [4.78, 5) is 17.3. The number of amides is 1. The van der Waals surface area contributed by atoms with E-state index in [-0.39, 0.29) is 11.8 Å². The standard InChI is InChI=1S/C22H27N3OS/c1-2-16-8-10-17(11-9-16)19-12-21(26)25-14-24(18-6-4-3-5-7-18)15-27-22(25)20(19)13-23/h8-11,18-19H,2-7,12,14-15H2,1H3. The molecule has 1 aromatic carbocycles. The number of benzene rings is 1. The van der Waals surface area contributed by atoms with Crippen molar-refractivity contribution in [2.75, 3.05) is 12.5 Å². The van der Waals surface area contributed by atoms with E-state index in [1.165, 1.54) is 37.7 Å². The van der Waals surface area contributed by atoms with Crippen LogP contribution in [-0.2, 0) is 11.2 Å². The molecule has 0 radical (unpaired) electrons. The van der Waals surface area contributed by atoms with Crippen molar-refractivity contribution in [1.82, 2.24) is 9.80 Å².